The van der Waals surface area contributed by atoms with Crippen molar-refractivity contribution in [2.75, 3.05) is 34.0 Å². The van der Waals surface area contributed by atoms with Crippen molar-refractivity contribution in [3.8, 4) is 5.88 Å². The van der Waals surface area contributed by atoms with Crippen molar-refractivity contribution in [2.45, 2.75) is 37.6 Å². The number of nitrogens with zero attached hydrogens (tertiary/aromatic N) is 2. The van der Waals surface area contributed by atoms with Gasteiger partial charge in [-0.05, 0) is 73.4 Å². The van der Waals surface area contributed by atoms with Crippen LogP contribution < -0.4 is 10.1 Å². The van der Waals surface area contributed by atoms with Crippen molar-refractivity contribution in [3.05, 3.63) is 65.7 Å². The molecule has 0 radical (unpaired) electrons. The minimum atomic E-state index is -0.246. The molecule has 0 aliphatic heterocycles. The maximum Gasteiger partial charge on any atom is 0.253 e. The maximum absolute atomic E-state index is 13.9. The number of ether oxygens (including phenoxy) is 3. The second-order valence-corrected chi connectivity index (χ2v) is 8.91. The first-order valence-electron chi connectivity index (χ1n) is 12.0. The zero-order valence-corrected chi connectivity index (χ0v) is 20.2. The Balaban J connectivity index is 1.43. The average Bonchev–Trinajstić information content (AvgIpc) is 2.90. The lowest BCUT2D eigenvalue weighted by molar-refractivity contribution is 0.0422. The van der Waals surface area contributed by atoms with Crippen LogP contribution in [-0.4, -0.2) is 56.0 Å². The van der Waals surface area contributed by atoms with Crippen LogP contribution in [0.2, 0.25) is 0 Å². The van der Waals surface area contributed by atoms with Crippen LogP contribution in [-0.2, 0) is 9.47 Å². The minimum absolute atomic E-state index is 0.131. The number of carbonyl (C=O) groups is 1. The molecule has 1 unspecified atom stereocenters. The number of hydrogen-bond acceptors (Lipinski definition) is 6. The Morgan fingerprint density at radius 2 is 1.91 bits per heavy atom. The van der Waals surface area contributed by atoms with E-state index in [4.69, 9.17) is 14.2 Å². The van der Waals surface area contributed by atoms with Crippen LogP contribution in [0, 0.1) is 11.7 Å². The summed E-state index contributed by atoms with van der Waals surface area (Å²) in [7, 11) is 3.17. The predicted molar refractivity (Wildman–Crippen MR) is 131 cm³/mol. The normalized spacial score (nSPS) is 18.8. The molecule has 0 spiro atoms. The van der Waals surface area contributed by atoms with E-state index >= 15 is 0 Å². The zero-order valence-electron chi connectivity index (χ0n) is 20.2. The van der Waals surface area contributed by atoms with Gasteiger partial charge in [0.2, 0.25) is 5.88 Å². The second kappa shape index (κ2) is 12.0. The molecule has 35 heavy (non-hydrogen) atoms. The zero-order chi connectivity index (χ0) is 24.6. The van der Waals surface area contributed by atoms with Gasteiger partial charge in [-0.1, -0.05) is 0 Å². The number of methoxy groups -OCH3 is 2. The van der Waals surface area contributed by atoms with Gasteiger partial charge in [0.15, 0.2) is 0 Å². The van der Waals surface area contributed by atoms with Crippen molar-refractivity contribution < 1.29 is 23.4 Å². The Morgan fingerprint density at radius 1 is 1.09 bits per heavy atom. The summed E-state index contributed by atoms with van der Waals surface area (Å²) in [6, 6.07) is 10.0. The van der Waals surface area contributed by atoms with Crippen LogP contribution in [0.1, 0.15) is 47.5 Å². The monoisotopic (exact) mass is 481 g/mol. The van der Waals surface area contributed by atoms with E-state index in [-0.39, 0.29) is 23.7 Å². The van der Waals surface area contributed by atoms with E-state index in [2.05, 4.69) is 15.3 Å². The molecule has 1 atom stereocenters. The van der Waals surface area contributed by atoms with E-state index in [1.54, 1.807) is 37.6 Å². The smallest absolute Gasteiger partial charge is 0.253 e. The van der Waals surface area contributed by atoms with Gasteiger partial charge in [-0.25, -0.2) is 9.37 Å². The van der Waals surface area contributed by atoms with Gasteiger partial charge in [-0.2, -0.15) is 0 Å². The highest BCUT2D eigenvalue weighted by molar-refractivity contribution is 5.94. The maximum atomic E-state index is 13.9. The molecular weight excluding hydrogens is 449 g/mol. The van der Waals surface area contributed by atoms with Gasteiger partial charge in [0, 0.05) is 31.0 Å². The van der Waals surface area contributed by atoms with E-state index in [9.17, 15) is 9.18 Å². The lowest BCUT2D eigenvalue weighted by atomic mass is 9.75. The summed E-state index contributed by atoms with van der Waals surface area (Å²) >= 11 is 0. The van der Waals surface area contributed by atoms with Crippen molar-refractivity contribution in [1.82, 2.24) is 15.3 Å². The fraction of sp³-hybridized carbons (Fsp3) is 0.444. The van der Waals surface area contributed by atoms with Crippen molar-refractivity contribution in [2.24, 2.45) is 5.92 Å². The molecule has 7 nitrogen and oxygen atoms in total. The van der Waals surface area contributed by atoms with E-state index in [0.29, 0.717) is 37.2 Å². The Labute approximate surface area is 205 Å². The number of hydrogen-bond donors (Lipinski definition) is 1. The minimum Gasteiger partial charge on any atom is -0.481 e. The van der Waals surface area contributed by atoms with Gasteiger partial charge < -0.3 is 19.5 Å². The van der Waals surface area contributed by atoms with E-state index in [0.717, 1.165) is 42.1 Å². The van der Waals surface area contributed by atoms with Crippen LogP contribution in [0.4, 0.5) is 4.39 Å². The lowest BCUT2D eigenvalue weighted by Gasteiger charge is -2.34. The molecule has 1 aliphatic rings. The summed E-state index contributed by atoms with van der Waals surface area (Å²) in [6.45, 7) is 1.38. The number of halogens is 1. The van der Waals surface area contributed by atoms with E-state index in [1.807, 2.05) is 6.07 Å². The fourth-order valence-corrected chi connectivity index (χ4v) is 4.86. The number of fused-ring (bicyclic) bond motifs is 1. The molecule has 3 aromatic rings. The third-order valence-electron chi connectivity index (χ3n) is 6.77. The van der Waals surface area contributed by atoms with Crippen molar-refractivity contribution in [1.29, 1.82) is 0 Å². The quantitative estimate of drug-likeness (QED) is 0.429. The molecule has 1 amide bonds. The largest absolute Gasteiger partial charge is 0.481 e. The van der Waals surface area contributed by atoms with Crippen LogP contribution in [0.25, 0.3) is 10.9 Å². The van der Waals surface area contributed by atoms with Gasteiger partial charge in [0.05, 0.1) is 44.1 Å². The number of amides is 1. The molecular formula is C27H32FN3O4. The second-order valence-electron chi connectivity index (χ2n) is 8.91. The first-order chi connectivity index (χ1) is 17.1. The number of pyridine rings is 2. The predicted octanol–water partition coefficient (Wildman–Crippen LogP) is 4.51. The molecule has 1 aromatic carbocycles. The first kappa shape index (κ1) is 25.0. The highest BCUT2D eigenvalue weighted by atomic mass is 19.1. The van der Waals surface area contributed by atoms with Crippen LogP contribution >= 0.6 is 0 Å². The SMILES string of the molecule is COCCOCC(NC(=O)c1ccc(OC)nc1)[C@H]1CC[C@@H](c2ccnc3ccc(F)cc32)CC1. The van der Waals surface area contributed by atoms with Gasteiger partial charge >= 0.3 is 0 Å². The highest BCUT2D eigenvalue weighted by Gasteiger charge is 2.30. The number of carbonyl (C=O) groups excluding carboxylic acids is 1. The molecule has 186 valence electrons. The highest BCUT2D eigenvalue weighted by Crippen LogP contribution is 2.39. The summed E-state index contributed by atoms with van der Waals surface area (Å²) in [4.78, 5) is 21.5. The summed E-state index contributed by atoms with van der Waals surface area (Å²) in [5.74, 6) is 0.634. The first-order valence-corrected chi connectivity index (χ1v) is 12.0. The molecule has 1 N–H and O–H groups in total. The van der Waals surface area contributed by atoms with E-state index < -0.39 is 0 Å². The fourth-order valence-electron chi connectivity index (χ4n) is 4.86. The Kier molecular flexibility index (Phi) is 8.60. The summed E-state index contributed by atoms with van der Waals surface area (Å²) in [6.07, 6.45) is 7.09. The van der Waals surface area contributed by atoms with Crippen molar-refractivity contribution in [3.63, 3.8) is 0 Å². The molecule has 1 fully saturated rings. The number of nitrogens with one attached hydrogen (secondary N) is 1. The third kappa shape index (κ3) is 6.32. The molecule has 8 heteroatoms. The number of aromatic nitrogens is 2. The standard InChI is InChI=1S/C27H32FN3O4/c1-33-13-14-35-17-25(31-27(32)20-7-10-26(34-2)30-16-20)19-5-3-18(4-6-19)22-11-12-29-24-9-8-21(28)15-23(22)24/h7-12,15-16,18-19,25H,3-6,13-14,17H2,1-2H3,(H,31,32)/t18-,19+,25?. The molecule has 1 aliphatic carbocycles. The van der Waals surface area contributed by atoms with Gasteiger partial charge in [0.1, 0.15) is 5.82 Å². The van der Waals surface area contributed by atoms with Gasteiger partial charge in [0.25, 0.3) is 5.91 Å². The molecule has 0 bridgehead atoms. The summed E-state index contributed by atoms with van der Waals surface area (Å²) in [5.41, 5.74) is 2.44. The van der Waals surface area contributed by atoms with Crippen LogP contribution in [0.5, 0.6) is 5.88 Å². The van der Waals surface area contributed by atoms with E-state index in [1.165, 1.54) is 19.4 Å². The summed E-state index contributed by atoms with van der Waals surface area (Å²) < 4.78 is 29.9. The Bertz CT molecular complexity index is 1120. The lowest BCUT2D eigenvalue weighted by Crippen LogP contribution is -2.44. The summed E-state index contributed by atoms with van der Waals surface area (Å²) in [5, 5.41) is 4.05. The van der Waals surface area contributed by atoms with Gasteiger partial charge in [-0.3, -0.25) is 9.78 Å². The van der Waals surface area contributed by atoms with Crippen molar-refractivity contribution >= 4 is 16.8 Å². The van der Waals surface area contributed by atoms with Gasteiger partial charge in [-0.15, -0.1) is 0 Å². The molecule has 1 saturated carbocycles. The average molecular weight is 482 g/mol. The molecule has 4 rings (SSSR count). The molecule has 0 saturated heterocycles. The molecule has 2 heterocycles. The Hall–Kier alpha value is -3.10. The Morgan fingerprint density at radius 3 is 2.63 bits per heavy atom. The number of rotatable bonds is 10. The molecule has 2 aromatic heterocycles. The van der Waals surface area contributed by atoms with Crippen LogP contribution in [0.15, 0.2) is 48.8 Å². The van der Waals surface area contributed by atoms with Crippen LogP contribution in [0.3, 0.4) is 0 Å². The third-order valence-corrected chi connectivity index (χ3v) is 6.77. The number of benzene rings is 1. The topological polar surface area (TPSA) is 82.6 Å².